The molecule has 1 saturated heterocycles. The van der Waals surface area contributed by atoms with Gasteiger partial charge in [0.1, 0.15) is 0 Å². The summed E-state index contributed by atoms with van der Waals surface area (Å²) < 4.78 is 5.64. The lowest BCUT2D eigenvalue weighted by molar-refractivity contribution is -0.121. The Bertz CT molecular complexity index is 573. The van der Waals surface area contributed by atoms with Gasteiger partial charge in [0.15, 0.2) is 0 Å². The van der Waals surface area contributed by atoms with E-state index in [1.54, 1.807) is 0 Å². The van der Waals surface area contributed by atoms with Gasteiger partial charge in [-0.25, -0.2) is 4.79 Å². The van der Waals surface area contributed by atoms with E-state index in [-0.39, 0.29) is 41.2 Å². The Morgan fingerprint density at radius 1 is 1.24 bits per heavy atom. The molecule has 4 unspecified atom stereocenters. The number of nitrogens with two attached hydrogens (primary N) is 1. The molecule has 4 atom stereocenters. The fourth-order valence-electron chi connectivity index (χ4n) is 2.79. The van der Waals surface area contributed by atoms with Gasteiger partial charge in [-0.2, -0.15) is 0 Å². The van der Waals surface area contributed by atoms with Gasteiger partial charge in [0, 0.05) is 5.69 Å². The summed E-state index contributed by atoms with van der Waals surface area (Å²) in [6, 6.07) is 4.33. The van der Waals surface area contributed by atoms with E-state index in [1.807, 2.05) is 20.8 Å². The summed E-state index contributed by atoms with van der Waals surface area (Å²) in [5.74, 6) is -1.60. The third-order valence-corrected chi connectivity index (χ3v) is 4.08. The molecule has 6 heteroatoms. The molecule has 1 fully saturated rings. The molecular formula is C15H20N2O4. The minimum absolute atomic E-state index is 0.00413. The van der Waals surface area contributed by atoms with Gasteiger partial charge in [0.05, 0.1) is 29.4 Å². The van der Waals surface area contributed by atoms with Crippen molar-refractivity contribution in [2.45, 2.75) is 33.0 Å². The Kier molecular flexibility index (Phi) is 4.18. The molecule has 21 heavy (non-hydrogen) atoms. The van der Waals surface area contributed by atoms with Crippen molar-refractivity contribution in [1.29, 1.82) is 0 Å². The van der Waals surface area contributed by atoms with Gasteiger partial charge < -0.3 is 20.9 Å². The fraction of sp³-hybridized carbons (Fsp3) is 0.467. The first-order valence-electron chi connectivity index (χ1n) is 6.90. The van der Waals surface area contributed by atoms with Crippen LogP contribution in [0, 0.1) is 11.8 Å². The van der Waals surface area contributed by atoms with Crippen LogP contribution in [0.25, 0.3) is 0 Å². The first-order valence-corrected chi connectivity index (χ1v) is 6.90. The molecule has 0 radical (unpaired) electrons. The summed E-state index contributed by atoms with van der Waals surface area (Å²) in [5, 5.41) is 11.8. The molecule has 1 heterocycles. The molecule has 1 amide bonds. The van der Waals surface area contributed by atoms with Gasteiger partial charge >= 0.3 is 5.97 Å². The summed E-state index contributed by atoms with van der Waals surface area (Å²) in [6.07, 6.45) is -0.208. The Hall–Kier alpha value is -2.08. The van der Waals surface area contributed by atoms with Crippen LogP contribution in [0.4, 0.5) is 11.4 Å². The molecule has 1 aromatic rings. The molecule has 0 aliphatic carbocycles. The normalized spacial score (nSPS) is 28.3. The van der Waals surface area contributed by atoms with E-state index in [1.165, 1.54) is 18.2 Å². The van der Waals surface area contributed by atoms with Crippen molar-refractivity contribution >= 4 is 23.3 Å². The van der Waals surface area contributed by atoms with Crippen molar-refractivity contribution in [3.8, 4) is 0 Å². The third-order valence-electron chi connectivity index (χ3n) is 4.08. The minimum Gasteiger partial charge on any atom is -0.478 e. The molecule has 0 bridgehead atoms. The van der Waals surface area contributed by atoms with E-state index in [2.05, 4.69) is 5.32 Å². The number of carboxylic acid groups (broad SMARTS) is 1. The number of carbonyl (C=O) groups is 2. The van der Waals surface area contributed by atoms with E-state index in [4.69, 9.17) is 15.6 Å². The van der Waals surface area contributed by atoms with Crippen LogP contribution in [0.1, 0.15) is 31.1 Å². The van der Waals surface area contributed by atoms with Crippen molar-refractivity contribution in [2.24, 2.45) is 11.8 Å². The Labute approximate surface area is 123 Å². The number of rotatable bonds is 3. The zero-order chi connectivity index (χ0) is 15.7. The number of carbonyl (C=O) groups excluding carboxylic acids is 1. The van der Waals surface area contributed by atoms with Crippen LogP contribution in [0.5, 0.6) is 0 Å². The van der Waals surface area contributed by atoms with E-state index in [0.29, 0.717) is 5.69 Å². The van der Waals surface area contributed by atoms with Crippen LogP contribution in [-0.4, -0.2) is 29.2 Å². The van der Waals surface area contributed by atoms with Gasteiger partial charge in [-0.05, 0) is 38.0 Å². The standard InChI is InChI=1S/C15H20N2O4/c1-7-8(2)21-9(3)13(7)14(18)17-12-6-10(16)4-5-11(12)15(19)20/h4-9,13H,16H2,1-3H3,(H,17,18)(H,19,20). The van der Waals surface area contributed by atoms with Gasteiger partial charge in [-0.3, -0.25) is 4.79 Å². The van der Waals surface area contributed by atoms with E-state index < -0.39 is 5.97 Å². The number of ether oxygens (including phenoxy) is 1. The highest BCUT2D eigenvalue weighted by molar-refractivity contribution is 6.02. The molecule has 0 aromatic heterocycles. The predicted molar refractivity (Wildman–Crippen MR) is 79.1 cm³/mol. The van der Waals surface area contributed by atoms with Gasteiger partial charge in [0.2, 0.25) is 5.91 Å². The van der Waals surface area contributed by atoms with Crippen molar-refractivity contribution in [2.75, 3.05) is 11.1 Å². The monoisotopic (exact) mass is 292 g/mol. The number of nitrogens with one attached hydrogen (secondary N) is 1. The third kappa shape index (κ3) is 3.00. The average molecular weight is 292 g/mol. The molecular weight excluding hydrogens is 272 g/mol. The number of nitrogen functional groups attached to an aromatic ring is 1. The van der Waals surface area contributed by atoms with Crippen molar-refractivity contribution in [1.82, 2.24) is 0 Å². The highest BCUT2D eigenvalue weighted by atomic mass is 16.5. The van der Waals surface area contributed by atoms with Crippen LogP contribution in [0.3, 0.4) is 0 Å². The Balaban J connectivity index is 2.24. The van der Waals surface area contributed by atoms with Crippen molar-refractivity contribution in [3.05, 3.63) is 23.8 Å². The number of amides is 1. The lowest BCUT2D eigenvalue weighted by Crippen LogP contribution is -2.32. The smallest absolute Gasteiger partial charge is 0.337 e. The lowest BCUT2D eigenvalue weighted by Gasteiger charge is -2.19. The SMILES string of the molecule is CC1OC(C)C(C(=O)Nc2cc(N)ccc2C(=O)O)C1C. The Morgan fingerprint density at radius 2 is 1.90 bits per heavy atom. The number of hydrogen-bond donors (Lipinski definition) is 3. The van der Waals surface area contributed by atoms with Crippen LogP contribution >= 0.6 is 0 Å². The molecule has 114 valence electrons. The van der Waals surface area contributed by atoms with Gasteiger partial charge in [-0.15, -0.1) is 0 Å². The highest BCUT2D eigenvalue weighted by Crippen LogP contribution is 2.33. The molecule has 2 rings (SSSR count). The average Bonchev–Trinajstić information content (AvgIpc) is 2.62. The quantitative estimate of drug-likeness (QED) is 0.739. The fourth-order valence-corrected chi connectivity index (χ4v) is 2.79. The molecule has 1 aliphatic heterocycles. The second kappa shape index (κ2) is 5.73. The second-order valence-electron chi connectivity index (χ2n) is 5.53. The van der Waals surface area contributed by atoms with E-state index in [9.17, 15) is 9.59 Å². The number of carboxylic acids is 1. The molecule has 4 N–H and O–H groups in total. The second-order valence-corrected chi connectivity index (χ2v) is 5.53. The maximum absolute atomic E-state index is 12.4. The van der Waals surface area contributed by atoms with E-state index >= 15 is 0 Å². The minimum atomic E-state index is -1.11. The summed E-state index contributed by atoms with van der Waals surface area (Å²) in [7, 11) is 0. The highest BCUT2D eigenvalue weighted by Gasteiger charge is 2.41. The van der Waals surface area contributed by atoms with Crippen LogP contribution in [-0.2, 0) is 9.53 Å². The number of anilines is 2. The van der Waals surface area contributed by atoms with E-state index in [0.717, 1.165) is 0 Å². The maximum Gasteiger partial charge on any atom is 0.337 e. The van der Waals surface area contributed by atoms with Crippen molar-refractivity contribution in [3.63, 3.8) is 0 Å². The van der Waals surface area contributed by atoms with Gasteiger partial charge in [0.25, 0.3) is 0 Å². The topological polar surface area (TPSA) is 102 Å². The number of hydrogen-bond acceptors (Lipinski definition) is 4. The largest absolute Gasteiger partial charge is 0.478 e. The zero-order valence-electron chi connectivity index (χ0n) is 12.3. The van der Waals surface area contributed by atoms with Gasteiger partial charge in [-0.1, -0.05) is 6.92 Å². The van der Waals surface area contributed by atoms with Crippen LogP contribution in [0.2, 0.25) is 0 Å². The van der Waals surface area contributed by atoms with Crippen molar-refractivity contribution < 1.29 is 19.4 Å². The first-order chi connectivity index (χ1) is 9.81. The number of aromatic carboxylic acids is 1. The lowest BCUT2D eigenvalue weighted by atomic mass is 9.88. The molecule has 6 nitrogen and oxygen atoms in total. The number of benzene rings is 1. The molecule has 0 spiro atoms. The molecule has 0 saturated carbocycles. The molecule has 1 aliphatic rings. The molecule has 1 aromatic carbocycles. The van der Waals surface area contributed by atoms with Crippen LogP contribution in [0.15, 0.2) is 18.2 Å². The first kappa shape index (κ1) is 15.3. The van der Waals surface area contributed by atoms with Crippen LogP contribution < -0.4 is 11.1 Å². The summed E-state index contributed by atoms with van der Waals surface area (Å²) >= 11 is 0. The maximum atomic E-state index is 12.4. The summed E-state index contributed by atoms with van der Waals surface area (Å²) in [6.45, 7) is 5.73. The Morgan fingerprint density at radius 3 is 2.43 bits per heavy atom. The summed E-state index contributed by atoms with van der Waals surface area (Å²) in [4.78, 5) is 23.6. The summed E-state index contributed by atoms with van der Waals surface area (Å²) in [5.41, 5.74) is 6.29. The zero-order valence-corrected chi connectivity index (χ0v) is 12.3. The predicted octanol–water partition coefficient (Wildman–Crippen LogP) is 1.97.